The molecular weight excluding hydrogens is 579 g/mol. The maximum Gasteiger partial charge on any atom is 0.417 e. The normalized spacial score (nSPS) is 16.3. The van der Waals surface area contributed by atoms with Crippen LogP contribution in [-0.4, -0.2) is 9.49 Å². The monoisotopic (exact) mass is 599 g/mol. The number of benzene rings is 3. The molecule has 7 nitrogen and oxygen atoms in total. The Labute approximate surface area is 245 Å². The SMILES string of the molecule is O=c1/c(=C/c2ccc(-c3ccccc3C(F)(F)F)o2)sc2n1[C@@H](c1cccc([N+](=O)[O-])c1)C1=C(N=2)c2ccccc2CC1. The van der Waals surface area contributed by atoms with Crippen molar-refractivity contribution in [2.45, 2.75) is 25.1 Å². The molecule has 0 bridgehead atoms. The molecule has 0 saturated heterocycles. The van der Waals surface area contributed by atoms with Gasteiger partial charge >= 0.3 is 6.18 Å². The average Bonchev–Trinajstić information content (AvgIpc) is 3.59. The number of hydrogen-bond acceptors (Lipinski definition) is 6. The summed E-state index contributed by atoms with van der Waals surface area (Å²) in [5.41, 5.74) is 2.92. The number of furan rings is 1. The Morgan fingerprint density at radius 2 is 1.74 bits per heavy atom. The van der Waals surface area contributed by atoms with Crippen molar-refractivity contribution in [1.29, 1.82) is 0 Å². The van der Waals surface area contributed by atoms with Gasteiger partial charge in [-0.2, -0.15) is 13.2 Å². The molecule has 7 rings (SSSR count). The summed E-state index contributed by atoms with van der Waals surface area (Å²) in [5.74, 6) is 0.228. The number of aryl methyl sites for hydroxylation is 1. The Kier molecular flexibility index (Phi) is 6.28. The van der Waals surface area contributed by atoms with Crippen molar-refractivity contribution < 1.29 is 22.5 Å². The van der Waals surface area contributed by atoms with Crippen LogP contribution in [0.5, 0.6) is 0 Å². The number of fused-ring (bicyclic) bond motifs is 3. The Morgan fingerprint density at radius 3 is 2.53 bits per heavy atom. The minimum absolute atomic E-state index is 0.0218. The summed E-state index contributed by atoms with van der Waals surface area (Å²) >= 11 is 1.13. The van der Waals surface area contributed by atoms with E-state index in [-0.39, 0.29) is 32.9 Å². The van der Waals surface area contributed by atoms with Crippen LogP contribution < -0.4 is 14.9 Å². The smallest absolute Gasteiger partial charge is 0.417 e. The topological polar surface area (TPSA) is 90.6 Å². The molecule has 0 radical (unpaired) electrons. The van der Waals surface area contributed by atoms with Crippen molar-refractivity contribution in [2.75, 3.05) is 0 Å². The number of hydrogen-bond donors (Lipinski definition) is 0. The van der Waals surface area contributed by atoms with Crippen molar-refractivity contribution in [3.63, 3.8) is 0 Å². The highest BCUT2D eigenvalue weighted by Gasteiger charge is 2.35. The Bertz CT molecular complexity index is 2160. The molecule has 1 aliphatic heterocycles. The number of alkyl halides is 3. The van der Waals surface area contributed by atoms with E-state index in [1.165, 1.54) is 48.5 Å². The van der Waals surface area contributed by atoms with E-state index in [1.54, 1.807) is 16.7 Å². The van der Waals surface area contributed by atoms with E-state index in [0.29, 0.717) is 16.8 Å². The summed E-state index contributed by atoms with van der Waals surface area (Å²) in [7, 11) is 0. The molecule has 11 heteroatoms. The molecule has 43 heavy (non-hydrogen) atoms. The number of nitro groups is 1. The minimum atomic E-state index is -4.56. The summed E-state index contributed by atoms with van der Waals surface area (Å²) in [6.45, 7) is 0. The number of nitrogens with zero attached hydrogens (tertiary/aromatic N) is 3. The molecule has 1 atom stereocenters. The third-order valence-electron chi connectivity index (χ3n) is 7.67. The van der Waals surface area contributed by atoms with E-state index in [0.717, 1.165) is 46.2 Å². The van der Waals surface area contributed by atoms with Gasteiger partial charge in [0.25, 0.3) is 11.2 Å². The molecule has 0 N–H and O–H groups in total. The molecule has 0 spiro atoms. The molecule has 5 aromatic rings. The number of rotatable bonds is 4. The highest BCUT2D eigenvalue weighted by atomic mass is 32.1. The maximum atomic E-state index is 13.9. The van der Waals surface area contributed by atoms with Gasteiger partial charge in [0.05, 0.1) is 26.8 Å². The lowest BCUT2D eigenvalue weighted by molar-refractivity contribution is -0.384. The van der Waals surface area contributed by atoms with Crippen LogP contribution in [0, 0.1) is 10.1 Å². The molecule has 0 saturated carbocycles. The molecule has 2 aliphatic rings. The predicted molar refractivity (Wildman–Crippen MR) is 155 cm³/mol. The van der Waals surface area contributed by atoms with Gasteiger partial charge in [0, 0.05) is 29.3 Å². The predicted octanol–water partition coefficient (Wildman–Crippen LogP) is 6.51. The summed E-state index contributed by atoms with van der Waals surface area (Å²) in [4.78, 5) is 30.4. The lowest BCUT2D eigenvalue weighted by Crippen LogP contribution is -2.38. The van der Waals surface area contributed by atoms with Gasteiger partial charge in [-0.1, -0.05) is 65.9 Å². The molecule has 2 aromatic heterocycles. The third-order valence-corrected chi connectivity index (χ3v) is 8.65. The molecule has 0 unspecified atom stereocenters. The van der Waals surface area contributed by atoms with Crippen molar-refractivity contribution in [1.82, 2.24) is 4.57 Å². The number of aromatic nitrogens is 1. The molecule has 3 aromatic carbocycles. The second-order valence-electron chi connectivity index (χ2n) is 10.2. The fraction of sp³-hybridized carbons (Fsp3) is 0.125. The van der Waals surface area contributed by atoms with Crippen LogP contribution >= 0.6 is 11.3 Å². The molecule has 1 aliphatic carbocycles. The van der Waals surface area contributed by atoms with E-state index in [1.807, 2.05) is 24.3 Å². The number of allylic oxidation sites excluding steroid dienone is 1. The molecule has 0 fully saturated rings. The fourth-order valence-corrected chi connectivity index (χ4v) is 6.76. The molecule has 0 amide bonds. The standard InChI is InChI=1S/C32H20F3N3O4S/c33-32(34,35)25-11-4-3-10-23(25)26-15-13-21(42-26)17-27-30(39)37-29(19-7-5-8-20(16-19)38(40)41)24-14-12-18-6-1-2-9-22(18)28(24)36-31(37)43-27/h1-11,13,15-17,29H,12,14H2/b27-17-/t29-/m0/s1. The zero-order valence-electron chi connectivity index (χ0n) is 22.2. The van der Waals surface area contributed by atoms with Gasteiger partial charge in [0.2, 0.25) is 0 Å². The van der Waals surface area contributed by atoms with Crippen molar-refractivity contribution in [2.24, 2.45) is 4.99 Å². The van der Waals surface area contributed by atoms with E-state index in [4.69, 9.17) is 9.41 Å². The highest BCUT2D eigenvalue weighted by molar-refractivity contribution is 7.07. The van der Waals surface area contributed by atoms with Crippen LogP contribution in [0.15, 0.2) is 105 Å². The van der Waals surface area contributed by atoms with Gasteiger partial charge in [-0.25, -0.2) is 4.99 Å². The largest absolute Gasteiger partial charge is 0.457 e. The summed E-state index contributed by atoms with van der Waals surface area (Å²) < 4.78 is 48.4. The quantitative estimate of drug-likeness (QED) is 0.174. The lowest BCUT2D eigenvalue weighted by Gasteiger charge is -2.30. The third kappa shape index (κ3) is 4.62. The second kappa shape index (κ2) is 10.1. The summed E-state index contributed by atoms with van der Waals surface area (Å²) in [5, 5.41) is 11.6. The Balaban J connectivity index is 1.40. The van der Waals surface area contributed by atoms with Crippen molar-refractivity contribution in [3.05, 3.63) is 148 Å². The first-order chi connectivity index (χ1) is 20.7. The first kappa shape index (κ1) is 26.8. The van der Waals surface area contributed by atoms with Gasteiger partial charge in [0.15, 0.2) is 4.80 Å². The number of thiazole rings is 1. The zero-order chi connectivity index (χ0) is 29.9. The van der Waals surface area contributed by atoms with Gasteiger partial charge in [-0.05, 0) is 47.7 Å². The zero-order valence-corrected chi connectivity index (χ0v) is 23.0. The lowest BCUT2D eigenvalue weighted by atomic mass is 9.83. The number of non-ortho nitro benzene ring substituents is 1. The number of halogens is 3. The van der Waals surface area contributed by atoms with Gasteiger partial charge in [-0.15, -0.1) is 0 Å². The second-order valence-corrected chi connectivity index (χ2v) is 11.2. The van der Waals surface area contributed by atoms with Gasteiger partial charge < -0.3 is 4.42 Å². The number of nitro benzene ring substituents is 1. The van der Waals surface area contributed by atoms with Crippen molar-refractivity contribution in [3.8, 4) is 11.3 Å². The Morgan fingerprint density at radius 1 is 0.977 bits per heavy atom. The van der Waals surface area contributed by atoms with Crippen LogP contribution in [0.3, 0.4) is 0 Å². The van der Waals surface area contributed by atoms with E-state index < -0.39 is 22.7 Å². The molecular formula is C32H20F3N3O4S. The van der Waals surface area contributed by atoms with Crippen LogP contribution in [0.1, 0.15) is 40.5 Å². The Hall–Kier alpha value is -5.03. The molecule has 3 heterocycles. The van der Waals surface area contributed by atoms with E-state index in [2.05, 4.69) is 0 Å². The minimum Gasteiger partial charge on any atom is -0.457 e. The van der Waals surface area contributed by atoms with E-state index >= 15 is 0 Å². The molecule has 214 valence electrons. The van der Waals surface area contributed by atoms with Crippen LogP contribution in [-0.2, 0) is 12.6 Å². The summed E-state index contributed by atoms with van der Waals surface area (Å²) in [6.07, 6.45) is -1.72. The van der Waals surface area contributed by atoms with Crippen molar-refractivity contribution >= 4 is 28.8 Å². The summed E-state index contributed by atoms with van der Waals surface area (Å²) in [6, 6.07) is 21.6. The van der Waals surface area contributed by atoms with Gasteiger partial charge in [0.1, 0.15) is 11.5 Å². The van der Waals surface area contributed by atoms with E-state index in [9.17, 15) is 28.1 Å². The van der Waals surface area contributed by atoms with Gasteiger partial charge in [-0.3, -0.25) is 19.5 Å². The van der Waals surface area contributed by atoms with Crippen LogP contribution in [0.2, 0.25) is 0 Å². The first-order valence-corrected chi connectivity index (χ1v) is 14.1. The highest BCUT2D eigenvalue weighted by Crippen LogP contribution is 2.42. The van der Waals surface area contributed by atoms with Crippen LogP contribution in [0.25, 0.3) is 23.1 Å². The maximum absolute atomic E-state index is 13.9. The first-order valence-electron chi connectivity index (χ1n) is 13.3. The van der Waals surface area contributed by atoms with Crippen LogP contribution in [0.4, 0.5) is 18.9 Å². The average molecular weight is 600 g/mol. The fourth-order valence-electron chi connectivity index (χ4n) is 5.78.